The Labute approximate surface area is 260 Å². The van der Waals surface area contributed by atoms with E-state index in [1.165, 1.54) is 69.4 Å². The highest BCUT2D eigenvalue weighted by molar-refractivity contribution is 6.39. The number of urea groups is 1. The Morgan fingerprint density at radius 3 is 2.16 bits per heavy atom. The molecule has 230 valence electrons. The first-order chi connectivity index (χ1) is 21.7. The molecule has 2 N–H and O–H groups in total. The number of methoxy groups -OCH3 is 1. The molecule has 8 rings (SSSR count). The van der Waals surface area contributed by atoms with Crippen LogP contribution in [0.2, 0.25) is 0 Å². The van der Waals surface area contributed by atoms with Crippen molar-refractivity contribution >= 4 is 35.6 Å². The topological polar surface area (TPSA) is 122 Å². The Kier molecular flexibility index (Phi) is 7.19. The van der Waals surface area contributed by atoms with Crippen LogP contribution in [0.5, 0.6) is 11.5 Å². The zero-order chi connectivity index (χ0) is 31.3. The van der Waals surface area contributed by atoms with E-state index >= 15 is 0 Å². The summed E-state index contributed by atoms with van der Waals surface area (Å²) >= 11 is 0. The lowest BCUT2D eigenvalue weighted by Crippen LogP contribution is -2.54. The zero-order valence-electron chi connectivity index (χ0n) is 25.0. The number of rotatable bonds is 8. The lowest BCUT2D eigenvalue weighted by atomic mass is 9.48. The molecule has 0 radical (unpaired) electrons. The average Bonchev–Trinajstić information content (AvgIpc) is 3.02. The van der Waals surface area contributed by atoms with E-state index in [9.17, 15) is 19.2 Å². The first kappa shape index (κ1) is 28.8. The molecule has 1 saturated heterocycles. The fourth-order valence-corrected chi connectivity index (χ4v) is 8.28. The number of hydrogen-bond donors (Lipinski definition) is 2. The summed E-state index contributed by atoms with van der Waals surface area (Å²) in [6.45, 7) is 0.177. The second kappa shape index (κ2) is 11.2. The molecule has 1 aliphatic heterocycles. The minimum absolute atomic E-state index is 0.172. The van der Waals surface area contributed by atoms with E-state index < -0.39 is 23.8 Å². The number of nitrogens with zero attached hydrogens (tertiary/aromatic N) is 1. The first-order valence-electron chi connectivity index (χ1n) is 15.4. The van der Waals surface area contributed by atoms with Crippen molar-refractivity contribution in [3.05, 3.63) is 94.6 Å². The van der Waals surface area contributed by atoms with Crippen molar-refractivity contribution in [1.82, 2.24) is 5.32 Å². The number of carbonyl (C=O) groups is 4. The second-order valence-corrected chi connectivity index (χ2v) is 12.9. The van der Waals surface area contributed by atoms with E-state index in [-0.39, 0.29) is 23.2 Å². The number of amides is 4. The van der Waals surface area contributed by atoms with Gasteiger partial charge in [0, 0.05) is 0 Å². The van der Waals surface area contributed by atoms with E-state index in [1.54, 1.807) is 30.3 Å². The van der Waals surface area contributed by atoms with E-state index in [1.807, 2.05) is 12.1 Å². The molecule has 9 heteroatoms. The number of aromatic carboxylic acids is 1. The summed E-state index contributed by atoms with van der Waals surface area (Å²) in [5.41, 5.74) is 3.20. The molecule has 3 aromatic carbocycles. The molecule has 5 aliphatic rings. The normalized spacial score (nSPS) is 26.2. The van der Waals surface area contributed by atoms with Crippen molar-refractivity contribution in [2.24, 2.45) is 17.8 Å². The van der Waals surface area contributed by atoms with Gasteiger partial charge in [-0.3, -0.25) is 14.9 Å². The van der Waals surface area contributed by atoms with Crippen LogP contribution in [0.25, 0.3) is 6.08 Å². The van der Waals surface area contributed by atoms with Gasteiger partial charge in [0.15, 0.2) is 11.5 Å². The minimum atomic E-state index is -1.00. The average molecular weight is 607 g/mol. The van der Waals surface area contributed by atoms with Crippen molar-refractivity contribution in [2.45, 2.75) is 50.5 Å². The molecular formula is C36H34N2O7. The maximum atomic E-state index is 13.6. The second-order valence-electron chi connectivity index (χ2n) is 12.9. The number of carboxylic acid groups (broad SMARTS) is 1. The van der Waals surface area contributed by atoms with Crippen molar-refractivity contribution < 1.29 is 33.8 Å². The molecule has 0 atom stereocenters. The number of anilines is 1. The summed E-state index contributed by atoms with van der Waals surface area (Å²) in [7, 11) is 1.48. The minimum Gasteiger partial charge on any atom is -0.493 e. The molecule has 45 heavy (non-hydrogen) atoms. The fraction of sp³-hybridized carbons (Fsp3) is 0.333. The Hall–Kier alpha value is -4.92. The summed E-state index contributed by atoms with van der Waals surface area (Å²) < 4.78 is 11.4. The van der Waals surface area contributed by atoms with Gasteiger partial charge in [0.1, 0.15) is 12.2 Å². The smallest absolute Gasteiger partial charge is 0.335 e. The van der Waals surface area contributed by atoms with E-state index in [0.717, 1.165) is 28.2 Å². The first-order valence-corrected chi connectivity index (χ1v) is 15.4. The number of hydrogen-bond acceptors (Lipinski definition) is 6. The fourth-order valence-electron chi connectivity index (χ4n) is 8.28. The van der Waals surface area contributed by atoms with Crippen LogP contribution in [0, 0.1) is 17.8 Å². The third-order valence-electron chi connectivity index (χ3n) is 9.97. The van der Waals surface area contributed by atoms with Gasteiger partial charge in [-0.15, -0.1) is 0 Å². The maximum Gasteiger partial charge on any atom is 0.335 e. The van der Waals surface area contributed by atoms with Crippen LogP contribution in [-0.2, 0) is 21.6 Å². The Balaban J connectivity index is 1.09. The largest absolute Gasteiger partial charge is 0.493 e. The Morgan fingerprint density at radius 2 is 1.56 bits per heavy atom. The quantitative estimate of drug-likeness (QED) is 0.234. The van der Waals surface area contributed by atoms with Crippen molar-refractivity contribution in [3.8, 4) is 11.5 Å². The third kappa shape index (κ3) is 5.36. The lowest BCUT2D eigenvalue weighted by Gasteiger charge is -2.57. The van der Waals surface area contributed by atoms with Crippen LogP contribution in [0.3, 0.4) is 0 Å². The molecule has 9 nitrogen and oxygen atoms in total. The number of imide groups is 2. The molecule has 0 unspecified atom stereocenters. The number of barbiturate groups is 1. The number of ether oxygens (including phenoxy) is 2. The van der Waals surface area contributed by atoms with E-state index in [4.69, 9.17) is 14.6 Å². The zero-order valence-corrected chi connectivity index (χ0v) is 25.0. The predicted octanol–water partition coefficient (Wildman–Crippen LogP) is 6.11. The highest BCUT2D eigenvalue weighted by Gasteiger charge is 2.51. The summed E-state index contributed by atoms with van der Waals surface area (Å²) in [5, 5.41) is 11.4. The van der Waals surface area contributed by atoms with E-state index in [0.29, 0.717) is 22.7 Å². The molecule has 4 bridgehead atoms. The van der Waals surface area contributed by atoms with Crippen molar-refractivity contribution in [3.63, 3.8) is 0 Å². The van der Waals surface area contributed by atoms with Gasteiger partial charge in [-0.05, 0) is 121 Å². The van der Waals surface area contributed by atoms with Crippen LogP contribution in [0.15, 0.2) is 72.3 Å². The van der Waals surface area contributed by atoms with Crippen LogP contribution in [0.1, 0.15) is 65.6 Å². The molecule has 5 fully saturated rings. The van der Waals surface area contributed by atoms with Gasteiger partial charge in [0.05, 0.1) is 18.4 Å². The van der Waals surface area contributed by atoms with Crippen LogP contribution in [0.4, 0.5) is 10.5 Å². The Bertz CT molecular complexity index is 1690. The SMILES string of the molecule is COc1cc(C=C2C(=O)NC(=O)N(c3ccc(C45CC6CC(CC(C6)C4)C5)cc3)C2=O)ccc1OCc1ccc(C(=O)O)cc1. The third-order valence-corrected chi connectivity index (χ3v) is 9.97. The van der Waals surface area contributed by atoms with Crippen LogP contribution in [-0.4, -0.2) is 36.0 Å². The van der Waals surface area contributed by atoms with Crippen molar-refractivity contribution in [2.75, 3.05) is 12.0 Å². The number of nitrogens with one attached hydrogen (secondary N) is 1. The highest BCUT2D eigenvalue weighted by atomic mass is 16.5. The van der Waals surface area contributed by atoms with Gasteiger partial charge in [0.2, 0.25) is 0 Å². The van der Waals surface area contributed by atoms with Gasteiger partial charge in [-0.1, -0.05) is 30.3 Å². The maximum absolute atomic E-state index is 13.6. The molecule has 0 spiro atoms. The van der Waals surface area contributed by atoms with Gasteiger partial charge < -0.3 is 14.6 Å². The molecule has 4 amide bonds. The Morgan fingerprint density at radius 1 is 0.911 bits per heavy atom. The molecule has 3 aromatic rings. The standard InChI is InChI=1S/C36H34N2O7/c1-44-31-16-22(4-11-30(31)45-20-21-2-5-26(6-3-21)34(41)42)15-29-32(39)37-35(43)38(33(29)40)28-9-7-27(8-10-28)36-17-23-12-24(18-36)14-25(13-23)19-36/h2-11,15-16,23-25H,12-14,17-20H2,1H3,(H,41,42)(H,37,39,43). The van der Waals surface area contributed by atoms with Gasteiger partial charge >= 0.3 is 12.0 Å². The lowest BCUT2D eigenvalue weighted by molar-refractivity contribution is -0.122. The highest BCUT2D eigenvalue weighted by Crippen LogP contribution is 2.60. The monoisotopic (exact) mass is 606 g/mol. The van der Waals surface area contributed by atoms with E-state index in [2.05, 4.69) is 17.4 Å². The number of carboxylic acids is 1. The number of carbonyl (C=O) groups excluding carboxylic acids is 3. The van der Waals surface area contributed by atoms with Crippen molar-refractivity contribution in [1.29, 1.82) is 0 Å². The molecular weight excluding hydrogens is 572 g/mol. The van der Waals surface area contributed by atoms with Gasteiger partial charge in [-0.25, -0.2) is 14.5 Å². The van der Waals surface area contributed by atoms with Gasteiger partial charge in [0.25, 0.3) is 11.8 Å². The molecule has 1 heterocycles. The summed E-state index contributed by atoms with van der Waals surface area (Å²) in [5.74, 6) is 0.756. The summed E-state index contributed by atoms with van der Waals surface area (Å²) in [6, 6.07) is 18.3. The van der Waals surface area contributed by atoms with Gasteiger partial charge in [-0.2, -0.15) is 0 Å². The van der Waals surface area contributed by atoms with Crippen LogP contribution >= 0.6 is 0 Å². The molecule has 4 aliphatic carbocycles. The number of benzene rings is 3. The predicted molar refractivity (Wildman–Crippen MR) is 166 cm³/mol. The molecule has 4 saturated carbocycles. The summed E-state index contributed by atoms with van der Waals surface area (Å²) in [4.78, 5) is 51.4. The van der Waals surface area contributed by atoms with Crippen LogP contribution < -0.4 is 19.7 Å². The summed E-state index contributed by atoms with van der Waals surface area (Å²) in [6.07, 6.45) is 9.15. The molecule has 0 aromatic heterocycles.